The molecule has 0 aromatic carbocycles. The standard InChI is InChI=1S/C13H14N2O2S/c1-13(2,12(16)17-3)10-8-18-11(15-10)9-6-4-5-7-14-9/h4-8H,1-3H3. The van der Waals surface area contributed by atoms with Crippen molar-refractivity contribution in [2.45, 2.75) is 19.3 Å². The van der Waals surface area contributed by atoms with Gasteiger partial charge in [0, 0.05) is 11.6 Å². The molecule has 5 heteroatoms. The van der Waals surface area contributed by atoms with E-state index in [4.69, 9.17) is 4.74 Å². The van der Waals surface area contributed by atoms with E-state index in [1.54, 1.807) is 20.0 Å². The fourth-order valence-electron chi connectivity index (χ4n) is 1.53. The van der Waals surface area contributed by atoms with Gasteiger partial charge in [0.1, 0.15) is 10.4 Å². The molecule has 0 atom stereocenters. The molecule has 2 aromatic heterocycles. The summed E-state index contributed by atoms with van der Waals surface area (Å²) in [6.45, 7) is 3.60. The van der Waals surface area contributed by atoms with Crippen LogP contribution in [-0.4, -0.2) is 23.0 Å². The van der Waals surface area contributed by atoms with Crippen LogP contribution in [0.1, 0.15) is 19.5 Å². The summed E-state index contributed by atoms with van der Waals surface area (Å²) in [4.78, 5) is 20.4. The molecule has 0 fully saturated rings. The summed E-state index contributed by atoms with van der Waals surface area (Å²) in [5.41, 5.74) is 0.785. The van der Waals surface area contributed by atoms with Crippen molar-refractivity contribution in [3.05, 3.63) is 35.5 Å². The Balaban J connectivity index is 2.34. The smallest absolute Gasteiger partial charge is 0.317 e. The number of hydrogen-bond acceptors (Lipinski definition) is 5. The van der Waals surface area contributed by atoms with Crippen LogP contribution in [-0.2, 0) is 14.9 Å². The lowest BCUT2D eigenvalue weighted by Gasteiger charge is -2.18. The lowest BCUT2D eigenvalue weighted by Crippen LogP contribution is -2.30. The molecule has 0 saturated heterocycles. The average Bonchev–Trinajstić information content (AvgIpc) is 2.89. The van der Waals surface area contributed by atoms with Gasteiger partial charge in [0.05, 0.1) is 18.5 Å². The SMILES string of the molecule is COC(=O)C(C)(C)c1csc(-c2ccccn2)n1. The fourth-order valence-corrected chi connectivity index (χ4v) is 2.49. The predicted octanol–water partition coefficient (Wildman–Crippen LogP) is 2.66. The molecule has 0 unspecified atom stereocenters. The Kier molecular flexibility index (Phi) is 3.43. The highest BCUT2D eigenvalue weighted by Crippen LogP contribution is 2.29. The molecule has 0 aliphatic carbocycles. The third kappa shape index (κ3) is 2.26. The number of carbonyl (C=O) groups excluding carboxylic acids is 1. The summed E-state index contributed by atoms with van der Waals surface area (Å²) in [6.07, 6.45) is 1.72. The van der Waals surface area contributed by atoms with Gasteiger partial charge < -0.3 is 4.74 Å². The van der Waals surface area contributed by atoms with Gasteiger partial charge in [-0.1, -0.05) is 6.07 Å². The second-order valence-corrected chi connectivity index (χ2v) is 5.23. The van der Waals surface area contributed by atoms with Crippen molar-refractivity contribution in [3.8, 4) is 10.7 Å². The van der Waals surface area contributed by atoms with Gasteiger partial charge in [-0.15, -0.1) is 11.3 Å². The third-order valence-corrected chi connectivity index (χ3v) is 3.59. The predicted molar refractivity (Wildman–Crippen MR) is 70.4 cm³/mol. The first-order valence-electron chi connectivity index (χ1n) is 5.51. The minimum absolute atomic E-state index is 0.291. The second-order valence-electron chi connectivity index (χ2n) is 4.37. The van der Waals surface area contributed by atoms with Crippen molar-refractivity contribution in [1.29, 1.82) is 0 Å². The highest BCUT2D eigenvalue weighted by atomic mass is 32.1. The first-order chi connectivity index (χ1) is 8.55. The van der Waals surface area contributed by atoms with E-state index in [2.05, 4.69) is 9.97 Å². The molecule has 94 valence electrons. The topological polar surface area (TPSA) is 52.1 Å². The molecule has 0 aliphatic rings. The summed E-state index contributed by atoms with van der Waals surface area (Å²) >= 11 is 1.48. The molecule has 0 aliphatic heterocycles. The minimum Gasteiger partial charge on any atom is -0.468 e. The number of rotatable bonds is 3. The number of pyridine rings is 1. The van der Waals surface area contributed by atoms with Crippen LogP contribution in [0.15, 0.2) is 29.8 Å². The van der Waals surface area contributed by atoms with E-state index >= 15 is 0 Å². The zero-order chi connectivity index (χ0) is 13.2. The fraction of sp³-hybridized carbons (Fsp3) is 0.308. The Morgan fingerprint density at radius 2 is 2.17 bits per heavy atom. The van der Waals surface area contributed by atoms with Crippen molar-refractivity contribution in [3.63, 3.8) is 0 Å². The van der Waals surface area contributed by atoms with E-state index in [0.717, 1.165) is 10.7 Å². The molecule has 2 aromatic rings. The van der Waals surface area contributed by atoms with E-state index in [-0.39, 0.29) is 5.97 Å². The molecular formula is C13H14N2O2S. The number of methoxy groups -OCH3 is 1. The summed E-state index contributed by atoms with van der Waals surface area (Å²) < 4.78 is 4.79. The minimum atomic E-state index is -0.738. The Bertz CT molecular complexity index is 549. The number of nitrogens with zero attached hydrogens (tertiary/aromatic N) is 2. The lowest BCUT2D eigenvalue weighted by atomic mass is 9.90. The zero-order valence-electron chi connectivity index (χ0n) is 10.5. The van der Waals surface area contributed by atoms with Gasteiger partial charge >= 0.3 is 5.97 Å². The summed E-state index contributed by atoms with van der Waals surface area (Å²) in [5.74, 6) is -0.291. The highest BCUT2D eigenvalue weighted by molar-refractivity contribution is 7.13. The molecule has 4 nitrogen and oxygen atoms in total. The zero-order valence-corrected chi connectivity index (χ0v) is 11.3. The average molecular weight is 262 g/mol. The van der Waals surface area contributed by atoms with Crippen molar-refractivity contribution in [2.75, 3.05) is 7.11 Å². The van der Waals surface area contributed by atoms with Crippen LogP contribution in [0.5, 0.6) is 0 Å². The van der Waals surface area contributed by atoms with Crippen LogP contribution in [0.2, 0.25) is 0 Å². The monoisotopic (exact) mass is 262 g/mol. The molecule has 0 amide bonds. The van der Waals surface area contributed by atoms with Gasteiger partial charge in [0.2, 0.25) is 0 Å². The van der Waals surface area contributed by atoms with Crippen LogP contribution >= 0.6 is 11.3 Å². The molecule has 18 heavy (non-hydrogen) atoms. The molecule has 0 saturated carbocycles. The normalized spacial score (nSPS) is 11.3. The second kappa shape index (κ2) is 4.86. The first kappa shape index (κ1) is 12.7. The Morgan fingerprint density at radius 3 is 2.78 bits per heavy atom. The first-order valence-corrected chi connectivity index (χ1v) is 6.39. The summed E-state index contributed by atoms with van der Waals surface area (Å²) in [6, 6.07) is 5.67. The molecule has 0 bridgehead atoms. The van der Waals surface area contributed by atoms with Crippen LogP contribution in [0.3, 0.4) is 0 Å². The highest BCUT2D eigenvalue weighted by Gasteiger charge is 2.33. The Labute approximate surface area is 110 Å². The Hall–Kier alpha value is -1.75. The molecule has 0 N–H and O–H groups in total. The van der Waals surface area contributed by atoms with E-state index < -0.39 is 5.41 Å². The van der Waals surface area contributed by atoms with Gasteiger partial charge in [-0.25, -0.2) is 4.98 Å². The van der Waals surface area contributed by atoms with Crippen LogP contribution in [0, 0.1) is 0 Å². The van der Waals surface area contributed by atoms with E-state index in [0.29, 0.717) is 5.69 Å². The Morgan fingerprint density at radius 1 is 1.39 bits per heavy atom. The third-order valence-electron chi connectivity index (χ3n) is 2.72. The van der Waals surface area contributed by atoms with E-state index in [1.165, 1.54) is 18.4 Å². The number of esters is 1. The van der Waals surface area contributed by atoms with Gasteiger partial charge in [-0.05, 0) is 26.0 Å². The van der Waals surface area contributed by atoms with E-state index in [1.807, 2.05) is 23.6 Å². The van der Waals surface area contributed by atoms with Crippen molar-refractivity contribution < 1.29 is 9.53 Å². The largest absolute Gasteiger partial charge is 0.468 e. The number of carbonyl (C=O) groups is 1. The maximum atomic E-state index is 11.7. The maximum absolute atomic E-state index is 11.7. The van der Waals surface area contributed by atoms with Crippen molar-refractivity contribution in [2.24, 2.45) is 0 Å². The molecule has 2 rings (SSSR count). The van der Waals surface area contributed by atoms with Crippen molar-refractivity contribution >= 4 is 17.3 Å². The lowest BCUT2D eigenvalue weighted by molar-refractivity contribution is -0.146. The number of hydrogen-bond donors (Lipinski definition) is 0. The van der Waals surface area contributed by atoms with Gasteiger partial charge in [0.15, 0.2) is 0 Å². The quantitative estimate of drug-likeness (QED) is 0.798. The van der Waals surface area contributed by atoms with Crippen LogP contribution < -0.4 is 0 Å². The summed E-state index contributed by atoms with van der Waals surface area (Å²) in [5, 5.41) is 2.68. The van der Waals surface area contributed by atoms with Crippen LogP contribution in [0.4, 0.5) is 0 Å². The molecular weight excluding hydrogens is 248 g/mol. The number of aromatic nitrogens is 2. The number of ether oxygens (including phenoxy) is 1. The van der Waals surface area contributed by atoms with Gasteiger partial charge in [0.25, 0.3) is 0 Å². The van der Waals surface area contributed by atoms with Crippen molar-refractivity contribution in [1.82, 2.24) is 9.97 Å². The van der Waals surface area contributed by atoms with Crippen LogP contribution in [0.25, 0.3) is 10.7 Å². The number of thiazole rings is 1. The molecule has 0 spiro atoms. The van der Waals surface area contributed by atoms with E-state index in [9.17, 15) is 4.79 Å². The summed E-state index contributed by atoms with van der Waals surface area (Å²) in [7, 11) is 1.39. The molecule has 0 radical (unpaired) electrons. The van der Waals surface area contributed by atoms with Gasteiger partial charge in [-0.2, -0.15) is 0 Å². The van der Waals surface area contributed by atoms with Gasteiger partial charge in [-0.3, -0.25) is 9.78 Å². The molecule has 2 heterocycles. The maximum Gasteiger partial charge on any atom is 0.317 e.